The fraction of sp³-hybridized carbons (Fsp3) is 0.571. The topological polar surface area (TPSA) is 49.4 Å². The highest BCUT2D eigenvalue weighted by Crippen LogP contribution is 2.25. The Balaban J connectivity index is 1.85. The molecule has 0 radical (unpaired) electrons. The Bertz CT molecular complexity index is 481. The summed E-state index contributed by atoms with van der Waals surface area (Å²) < 4.78 is 0.627. The second-order valence-electron chi connectivity index (χ2n) is 4.96. The van der Waals surface area contributed by atoms with Gasteiger partial charge in [0.1, 0.15) is 0 Å². The number of piperidine rings is 1. The highest BCUT2D eigenvalue weighted by Gasteiger charge is 2.28. The predicted molar refractivity (Wildman–Crippen MR) is 81.3 cm³/mol. The van der Waals surface area contributed by atoms with Crippen LogP contribution in [0.1, 0.15) is 35.9 Å². The first kappa shape index (κ1) is 15.3. The van der Waals surface area contributed by atoms with Crippen LogP contribution in [-0.2, 0) is 4.79 Å². The molecular formula is C14H19ClN2O2S. The van der Waals surface area contributed by atoms with Crippen molar-refractivity contribution in [3.8, 4) is 0 Å². The van der Waals surface area contributed by atoms with Gasteiger partial charge in [-0.05, 0) is 31.4 Å². The molecule has 6 heteroatoms. The van der Waals surface area contributed by atoms with E-state index in [4.69, 9.17) is 11.6 Å². The zero-order valence-corrected chi connectivity index (χ0v) is 13.1. The molecule has 2 heterocycles. The predicted octanol–water partition coefficient (Wildman–Crippen LogP) is 2.78. The third kappa shape index (κ3) is 3.73. The summed E-state index contributed by atoms with van der Waals surface area (Å²) in [5.41, 5.74) is 0. The van der Waals surface area contributed by atoms with Gasteiger partial charge < -0.3 is 10.2 Å². The summed E-state index contributed by atoms with van der Waals surface area (Å²) in [5.74, 6) is 0.185. The summed E-state index contributed by atoms with van der Waals surface area (Å²) in [7, 11) is 0. The highest BCUT2D eigenvalue weighted by molar-refractivity contribution is 7.17. The van der Waals surface area contributed by atoms with Crippen LogP contribution in [0.25, 0.3) is 0 Å². The normalized spacial score (nSPS) is 16.2. The first-order valence-electron chi connectivity index (χ1n) is 6.94. The van der Waals surface area contributed by atoms with Crippen LogP contribution < -0.4 is 5.32 Å². The highest BCUT2D eigenvalue weighted by atomic mass is 35.5. The average Bonchev–Trinajstić information content (AvgIpc) is 2.90. The van der Waals surface area contributed by atoms with Crippen molar-refractivity contribution < 1.29 is 9.59 Å². The van der Waals surface area contributed by atoms with Crippen molar-refractivity contribution in [3.63, 3.8) is 0 Å². The van der Waals surface area contributed by atoms with Crippen LogP contribution >= 0.6 is 22.9 Å². The number of nitrogens with one attached hydrogen (secondary N) is 1. The molecule has 0 aromatic carbocycles. The van der Waals surface area contributed by atoms with Crippen molar-refractivity contribution in [3.05, 3.63) is 21.3 Å². The van der Waals surface area contributed by atoms with E-state index in [-0.39, 0.29) is 17.7 Å². The molecule has 0 bridgehead atoms. The molecule has 1 N–H and O–H groups in total. The molecule has 2 amide bonds. The standard InChI is InChI=1S/C14H19ClN2O2S/c1-2-7-16-13(18)10-5-8-17(9-6-10)14(19)11-3-4-12(15)20-11/h3-4,10H,2,5-9H2,1H3,(H,16,18). The molecule has 0 aliphatic carbocycles. The second-order valence-corrected chi connectivity index (χ2v) is 6.68. The van der Waals surface area contributed by atoms with Gasteiger partial charge in [0.05, 0.1) is 9.21 Å². The lowest BCUT2D eigenvalue weighted by Gasteiger charge is -2.31. The van der Waals surface area contributed by atoms with Crippen molar-refractivity contribution in [2.45, 2.75) is 26.2 Å². The Kier molecular flexibility index (Phi) is 5.43. The number of carbonyl (C=O) groups excluding carboxylic acids is 2. The number of rotatable bonds is 4. The smallest absolute Gasteiger partial charge is 0.263 e. The van der Waals surface area contributed by atoms with Crippen LogP contribution in [0, 0.1) is 5.92 Å². The molecule has 1 fully saturated rings. The Morgan fingerprint density at radius 3 is 2.65 bits per heavy atom. The number of likely N-dealkylation sites (tertiary alicyclic amines) is 1. The molecule has 0 saturated carbocycles. The van der Waals surface area contributed by atoms with E-state index < -0.39 is 0 Å². The van der Waals surface area contributed by atoms with Crippen LogP contribution in [0.2, 0.25) is 4.34 Å². The maximum Gasteiger partial charge on any atom is 0.263 e. The van der Waals surface area contributed by atoms with Crippen LogP contribution in [0.4, 0.5) is 0 Å². The van der Waals surface area contributed by atoms with Crippen molar-refractivity contribution >= 4 is 34.8 Å². The summed E-state index contributed by atoms with van der Waals surface area (Å²) in [6, 6.07) is 3.50. The molecule has 1 aliphatic heterocycles. The Hall–Kier alpha value is -1.07. The van der Waals surface area contributed by atoms with Gasteiger partial charge in [-0.15, -0.1) is 11.3 Å². The minimum absolute atomic E-state index is 0.0225. The van der Waals surface area contributed by atoms with E-state index in [1.165, 1.54) is 11.3 Å². The lowest BCUT2D eigenvalue weighted by molar-refractivity contribution is -0.126. The molecule has 2 rings (SSSR count). The van der Waals surface area contributed by atoms with Crippen LogP contribution in [0.3, 0.4) is 0 Å². The average molecular weight is 315 g/mol. The monoisotopic (exact) mass is 314 g/mol. The lowest BCUT2D eigenvalue weighted by atomic mass is 9.96. The van der Waals surface area contributed by atoms with Crippen molar-refractivity contribution in [1.29, 1.82) is 0 Å². The molecule has 1 saturated heterocycles. The molecule has 0 atom stereocenters. The van der Waals surface area contributed by atoms with Gasteiger partial charge in [0.15, 0.2) is 0 Å². The lowest BCUT2D eigenvalue weighted by Crippen LogP contribution is -2.43. The Labute approximate surface area is 128 Å². The van der Waals surface area contributed by atoms with E-state index in [1.54, 1.807) is 12.1 Å². The first-order valence-corrected chi connectivity index (χ1v) is 8.13. The number of carbonyl (C=O) groups is 2. The number of thiophene rings is 1. The van der Waals surface area contributed by atoms with Crippen molar-refractivity contribution in [2.24, 2.45) is 5.92 Å². The molecule has 1 aromatic heterocycles. The quantitative estimate of drug-likeness (QED) is 0.929. The van der Waals surface area contributed by atoms with Crippen LogP contribution in [0.5, 0.6) is 0 Å². The van der Waals surface area contributed by atoms with Gasteiger partial charge in [-0.2, -0.15) is 0 Å². The SMILES string of the molecule is CCCNC(=O)C1CCN(C(=O)c2ccc(Cl)s2)CC1. The number of hydrogen-bond donors (Lipinski definition) is 1. The largest absolute Gasteiger partial charge is 0.356 e. The molecule has 4 nitrogen and oxygen atoms in total. The fourth-order valence-electron chi connectivity index (χ4n) is 2.32. The second kappa shape index (κ2) is 7.09. The van der Waals surface area contributed by atoms with Crippen molar-refractivity contribution in [2.75, 3.05) is 19.6 Å². The zero-order chi connectivity index (χ0) is 14.5. The third-order valence-electron chi connectivity index (χ3n) is 3.49. The molecule has 20 heavy (non-hydrogen) atoms. The summed E-state index contributed by atoms with van der Waals surface area (Å²) >= 11 is 7.15. The summed E-state index contributed by atoms with van der Waals surface area (Å²) in [4.78, 5) is 26.6. The third-order valence-corrected chi connectivity index (χ3v) is 4.71. The Morgan fingerprint density at radius 1 is 1.40 bits per heavy atom. The van der Waals surface area contributed by atoms with E-state index >= 15 is 0 Å². The summed E-state index contributed by atoms with van der Waals surface area (Å²) in [5, 5.41) is 2.92. The maximum absolute atomic E-state index is 12.2. The van der Waals surface area contributed by atoms with Crippen LogP contribution in [0.15, 0.2) is 12.1 Å². The minimum atomic E-state index is 0.0225. The van der Waals surface area contributed by atoms with E-state index in [1.807, 2.05) is 11.8 Å². The number of amides is 2. The maximum atomic E-state index is 12.2. The van der Waals surface area contributed by atoms with Gasteiger partial charge in [0.25, 0.3) is 5.91 Å². The van der Waals surface area contributed by atoms with E-state index in [9.17, 15) is 9.59 Å². The van der Waals surface area contributed by atoms with Gasteiger partial charge in [-0.1, -0.05) is 18.5 Å². The summed E-state index contributed by atoms with van der Waals surface area (Å²) in [6.45, 7) is 4.04. The van der Waals surface area contributed by atoms with Gasteiger partial charge in [0, 0.05) is 25.6 Å². The molecular weight excluding hydrogens is 296 g/mol. The van der Waals surface area contributed by atoms with Crippen molar-refractivity contribution in [1.82, 2.24) is 10.2 Å². The Morgan fingerprint density at radius 2 is 2.10 bits per heavy atom. The fourth-order valence-corrected chi connectivity index (χ4v) is 3.33. The van der Waals surface area contributed by atoms with Gasteiger partial charge in [0.2, 0.25) is 5.91 Å². The zero-order valence-electron chi connectivity index (χ0n) is 11.5. The molecule has 0 unspecified atom stereocenters. The minimum Gasteiger partial charge on any atom is -0.356 e. The van der Waals surface area contributed by atoms with Gasteiger partial charge >= 0.3 is 0 Å². The molecule has 0 spiro atoms. The summed E-state index contributed by atoms with van der Waals surface area (Å²) in [6.07, 6.45) is 2.42. The molecule has 1 aliphatic rings. The van der Waals surface area contributed by atoms with Crippen LogP contribution in [-0.4, -0.2) is 36.3 Å². The van der Waals surface area contributed by atoms with Gasteiger partial charge in [-0.25, -0.2) is 0 Å². The molecule has 110 valence electrons. The molecule has 1 aromatic rings. The number of halogens is 1. The van der Waals surface area contributed by atoms with Gasteiger partial charge in [-0.3, -0.25) is 9.59 Å². The van der Waals surface area contributed by atoms with E-state index in [0.29, 0.717) is 22.3 Å². The first-order chi connectivity index (χ1) is 9.61. The number of hydrogen-bond acceptors (Lipinski definition) is 3. The van der Waals surface area contributed by atoms with E-state index in [2.05, 4.69) is 5.32 Å². The number of nitrogens with zero attached hydrogens (tertiary/aromatic N) is 1. The van der Waals surface area contributed by atoms with E-state index in [0.717, 1.165) is 25.8 Å².